The van der Waals surface area contributed by atoms with Crippen LogP contribution in [-0.4, -0.2) is 24.8 Å². The predicted octanol–water partition coefficient (Wildman–Crippen LogP) is 4.04. The maximum atomic E-state index is 12.6. The Morgan fingerprint density at radius 2 is 1.86 bits per heavy atom. The third-order valence-electron chi connectivity index (χ3n) is 3.60. The number of aliphatic imine (C=N–C) groups is 1. The lowest BCUT2D eigenvalue weighted by atomic mass is 10.2. The molecule has 2 aromatic rings. The summed E-state index contributed by atoms with van der Waals surface area (Å²) in [5.74, 6) is -0.640. The minimum absolute atomic E-state index is 0.0866. The summed E-state index contributed by atoms with van der Waals surface area (Å²) in [6, 6.07) is 12.6. The molecule has 1 aromatic carbocycles. The maximum Gasteiger partial charge on any atom is 0.534 e. The Labute approximate surface area is 159 Å². The molecule has 10 heteroatoms. The topological polar surface area (TPSA) is 80.8 Å². The van der Waals surface area contributed by atoms with Gasteiger partial charge in [-0.1, -0.05) is 30.3 Å². The molecule has 0 aliphatic carbocycles. The Bertz CT molecular complexity index is 1050. The lowest BCUT2D eigenvalue weighted by molar-refractivity contribution is -0.0504. The molecule has 1 aliphatic rings. The second-order valence-corrected chi connectivity index (χ2v) is 7.38. The molecular weight excluding hydrogens is 397 g/mol. The molecule has 0 atom stereocenters. The molecule has 0 saturated carbocycles. The number of aromatic nitrogens is 1. The van der Waals surface area contributed by atoms with E-state index in [1.54, 1.807) is 36.4 Å². The van der Waals surface area contributed by atoms with Crippen LogP contribution in [0.15, 0.2) is 65.0 Å². The molecule has 2 heterocycles. The monoisotopic (exact) mass is 412 g/mol. The van der Waals surface area contributed by atoms with Crippen molar-refractivity contribution in [3.8, 4) is 0 Å². The summed E-state index contributed by atoms with van der Waals surface area (Å²) in [5, 5.41) is 0. The largest absolute Gasteiger partial charge is 0.534 e. The summed E-state index contributed by atoms with van der Waals surface area (Å²) in [6.45, 7) is 1.94. The highest BCUT2D eigenvalue weighted by Gasteiger charge is 2.49. The number of ether oxygens (including phenoxy) is 1. The maximum absolute atomic E-state index is 12.6. The fourth-order valence-corrected chi connectivity index (χ4v) is 2.71. The number of rotatable bonds is 5. The van der Waals surface area contributed by atoms with Gasteiger partial charge >= 0.3 is 15.6 Å². The SMILES string of the molecule is Cc1ccc(C=C2N=C(OS(=O)(=O)C(F)(F)F)C=C2OCc2ccccc2)[nH]1. The summed E-state index contributed by atoms with van der Waals surface area (Å²) >= 11 is 0. The van der Waals surface area contributed by atoms with Crippen LogP contribution in [0.4, 0.5) is 13.2 Å². The van der Waals surface area contributed by atoms with E-state index in [4.69, 9.17) is 4.74 Å². The summed E-state index contributed by atoms with van der Waals surface area (Å²) in [4.78, 5) is 6.84. The number of aromatic amines is 1. The average molecular weight is 412 g/mol. The Hall–Kier alpha value is -3.01. The van der Waals surface area contributed by atoms with Crippen molar-refractivity contribution >= 4 is 22.1 Å². The highest BCUT2D eigenvalue weighted by molar-refractivity contribution is 7.88. The molecule has 0 amide bonds. The van der Waals surface area contributed by atoms with Crippen LogP contribution in [0.5, 0.6) is 0 Å². The van der Waals surface area contributed by atoms with Gasteiger partial charge in [0.05, 0.1) is 0 Å². The van der Waals surface area contributed by atoms with Gasteiger partial charge in [-0.3, -0.25) is 0 Å². The fraction of sp³-hybridized carbons (Fsp3) is 0.167. The molecule has 0 spiro atoms. The normalized spacial score (nSPS) is 16.1. The van der Waals surface area contributed by atoms with Crippen LogP contribution >= 0.6 is 0 Å². The summed E-state index contributed by atoms with van der Waals surface area (Å²) in [7, 11) is -5.83. The van der Waals surface area contributed by atoms with Crippen LogP contribution in [0.1, 0.15) is 17.0 Å². The molecule has 28 heavy (non-hydrogen) atoms. The smallest absolute Gasteiger partial charge is 0.486 e. The first-order valence-electron chi connectivity index (χ1n) is 7.99. The van der Waals surface area contributed by atoms with Crippen molar-refractivity contribution in [2.45, 2.75) is 19.0 Å². The first-order chi connectivity index (χ1) is 13.1. The lowest BCUT2D eigenvalue weighted by Gasteiger charge is -2.07. The third-order valence-corrected chi connectivity index (χ3v) is 4.56. The summed E-state index contributed by atoms with van der Waals surface area (Å²) in [6.07, 6.45) is 2.52. The molecule has 1 aliphatic heterocycles. The van der Waals surface area contributed by atoms with Crippen molar-refractivity contribution in [2.24, 2.45) is 4.99 Å². The fourth-order valence-electron chi connectivity index (χ4n) is 2.31. The number of aryl methyl sites for hydroxylation is 1. The van der Waals surface area contributed by atoms with Crippen molar-refractivity contribution in [3.05, 3.63) is 76.9 Å². The van der Waals surface area contributed by atoms with Crippen LogP contribution in [0, 0.1) is 6.92 Å². The molecular formula is C18H15F3N2O4S. The van der Waals surface area contributed by atoms with E-state index in [0.29, 0.717) is 5.69 Å². The summed E-state index contributed by atoms with van der Waals surface area (Å²) in [5.41, 5.74) is -3.13. The molecule has 0 saturated heterocycles. The van der Waals surface area contributed by atoms with Gasteiger partial charge in [0, 0.05) is 17.5 Å². The van der Waals surface area contributed by atoms with Crippen LogP contribution in [-0.2, 0) is 25.6 Å². The van der Waals surface area contributed by atoms with Crippen LogP contribution in [0.25, 0.3) is 6.08 Å². The Kier molecular flexibility index (Phi) is 5.32. The zero-order valence-electron chi connectivity index (χ0n) is 14.5. The molecule has 148 valence electrons. The van der Waals surface area contributed by atoms with Gasteiger partial charge in [0.15, 0.2) is 5.76 Å². The van der Waals surface area contributed by atoms with Crippen molar-refractivity contribution in [3.63, 3.8) is 0 Å². The molecule has 1 aromatic heterocycles. The zero-order chi connectivity index (χ0) is 20.4. The number of hydrogen-bond acceptors (Lipinski definition) is 5. The number of nitrogens with one attached hydrogen (secondary N) is 1. The van der Waals surface area contributed by atoms with Crippen molar-refractivity contribution in [1.29, 1.82) is 0 Å². The first-order valence-corrected chi connectivity index (χ1v) is 9.40. The molecule has 1 N–H and O–H groups in total. The minimum Gasteiger partial charge on any atom is -0.486 e. The molecule has 3 rings (SSSR count). The number of nitrogens with zero attached hydrogens (tertiary/aromatic N) is 1. The third kappa shape index (κ3) is 4.63. The van der Waals surface area contributed by atoms with E-state index in [1.807, 2.05) is 13.0 Å². The number of benzene rings is 1. The van der Waals surface area contributed by atoms with Gasteiger partial charge in [0.25, 0.3) is 0 Å². The number of hydrogen-bond donors (Lipinski definition) is 1. The average Bonchev–Trinajstić information content (AvgIpc) is 3.18. The van der Waals surface area contributed by atoms with Gasteiger partial charge in [-0.2, -0.15) is 21.6 Å². The van der Waals surface area contributed by atoms with Gasteiger partial charge < -0.3 is 13.9 Å². The van der Waals surface area contributed by atoms with Crippen molar-refractivity contribution < 1.29 is 30.5 Å². The number of H-pyrrole nitrogens is 1. The highest BCUT2D eigenvalue weighted by Crippen LogP contribution is 2.29. The van der Waals surface area contributed by atoms with Gasteiger partial charge in [-0.15, -0.1) is 0 Å². The van der Waals surface area contributed by atoms with Crippen LogP contribution in [0.2, 0.25) is 0 Å². The molecule has 6 nitrogen and oxygen atoms in total. The first kappa shape index (κ1) is 19.7. The minimum atomic E-state index is -5.83. The second-order valence-electron chi connectivity index (χ2n) is 5.84. The molecule has 0 fully saturated rings. The molecule has 0 unspecified atom stereocenters. The Morgan fingerprint density at radius 3 is 2.46 bits per heavy atom. The number of halogens is 3. The van der Waals surface area contributed by atoms with E-state index in [0.717, 1.165) is 17.3 Å². The van der Waals surface area contributed by atoms with Gasteiger partial charge in [-0.25, -0.2) is 4.99 Å². The van der Waals surface area contributed by atoms with Crippen molar-refractivity contribution in [1.82, 2.24) is 4.98 Å². The zero-order valence-corrected chi connectivity index (χ0v) is 15.3. The predicted molar refractivity (Wildman–Crippen MR) is 96.3 cm³/mol. The molecule has 0 bridgehead atoms. The highest BCUT2D eigenvalue weighted by atomic mass is 32.2. The van der Waals surface area contributed by atoms with E-state index in [9.17, 15) is 21.6 Å². The van der Waals surface area contributed by atoms with Gasteiger partial charge in [0.1, 0.15) is 12.3 Å². The lowest BCUT2D eigenvalue weighted by Crippen LogP contribution is -2.27. The molecule has 0 radical (unpaired) electrons. The van der Waals surface area contributed by atoms with E-state index < -0.39 is 21.5 Å². The Morgan fingerprint density at radius 1 is 1.14 bits per heavy atom. The van der Waals surface area contributed by atoms with E-state index >= 15 is 0 Å². The van der Waals surface area contributed by atoms with E-state index in [-0.39, 0.29) is 18.1 Å². The van der Waals surface area contributed by atoms with E-state index in [1.165, 1.54) is 6.08 Å². The van der Waals surface area contributed by atoms with Crippen molar-refractivity contribution in [2.75, 3.05) is 0 Å². The number of alkyl halides is 3. The quantitative estimate of drug-likeness (QED) is 0.594. The van der Waals surface area contributed by atoms with Gasteiger partial charge in [-0.05, 0) is 30.7 Å². The Balaban J connectivity index is 1.86. The second kappa shape index (κ2) is 7.55. The van der Waals surface area contributed by atoms with Crippen LogP contribution < -0.4 is 0 Å². The van der Waals surface area contributed by atoms with E-state index in [2.05, 4.69) is 14.2 Å². The van der Waals surface area contributed by atoms with Gasteiger partial charge in [0.2, 0.25) is 5.90 Å². The van der Waals surface area contributed by atoms with Crippen LogP contribution in [0.3, 0.4) is 0 Å². The standard InChI is InChI=1S/C18H15F3N2O4S/c1-12-7-8-14(22-12)9-15-16(26-11-13-5-3-2-4-6-13)10-17(23-15)27-28(24,25)18(19,20)21/h2-10,22H,11H2,1H3. The summed E-state index contributed by atoms with van der Waals surface area (Å²) < 4.78 is 69.9.